The molecule has 0 heterocycles. The van der Waals surface area contributed by atoms with E-state index in [9.17, 15) is 35.2 Å². The Kier molecular flexibility index (Phi) is 9.50. The number of rotatable bonds is 7. The largest absolute Gasteiger partial charge is 0.441 e. The molecule has 2 aromatic rings. The molecule has 34 heavy (non-hydrogen) atoms. The standard InChI is InChI=1S/C12H9F5O5S.C10H16N/c1-2-7-3-5-8(6-4-7)9(18)22-10(11(13,14)15)12(16,17)23(19,20)21;1-11(2,3)9-10-7-5-4-6-8-10/h2-6,10H,1H2,(H,19,20,21);4-8H,9H2,1-3H3/q;+1. The van der Waals surface area contributed by atoms with E-state index in [1.807, 2.05) is 0 Å². The summed E-state index contributed by atoms with van der Waals surface area (Å²) in [5.41, 5.74) is 1.35. The minimum Gasteiger partial charge on any atom is -0.441 e. The SMILES string of the molecule is C=Cc1ccc(C(=O)OC(C(F)(F)F)C(F)(F)S(=O)(=O)O)cc1.C[N+](C)(C)Cc1ccccc1. The smallest absolute Gasteiger partial charge is 0.432 e. The van der Waals surface area contributed by atoms with Crippen LogP contribution >= 0.6 is 0 Å². The van der Waals surface area contributed by atoms with Crippen molar-refractivity contribution < 1.29 is 48.9 Å². The van der Waals surface area contributed by atoms with Gasteiger partial charge in [-0.05, 0) is 17.7 Å². The zero-order valence-electron chi connectivity index (χ0n) is 18.6. The van der Waals surface area contributed by atoms with Crippen LogP contribution in [-0.2, 0) is 21.4 Å². The predicted octanol–water partition coefficient (Wildman–Crippen LogP) is 4.79. The van der Waals surface area contributed by atoms with Gasteiger partial charge in [0.2, 0.25) is 0 Å². The van der Waals surface area contributed by atoms with Crippen molar-refractivity contribution in [1.82, 2.24) is 0 Å². The van der Waals surface area contributed by atoms with Crippen LogP contribution in [0.4, 0.5) is 22.0 Å². The van der Waals surface area contributed by atoms with Crippen molar-refractivity contribution in [2.75, 3.05) is 21.1 Å². The predicted molar refractivity (Wildman–Crippen MR) is 116 cm³/mol. The van der Waals surface area contributed by atoms with E-state index in [2.05, 4.69) is 62.8 Å². The maximum atomic E-state index is 13.2. The average molecular weight is 511 g/mol. The second-order valence-electron chi connectivity index (χ2n) is 8.12. The highest BCUT2D eigenvalue weighted by atomic mass is 32.2. The van der Waals surface area contributed by atoms with Crippen LogP contribution in [0.3, 0.4) is 0 Å². The molecule has 12 heteroatoms. The molecule has 0 spiro atoms. The van der Waals surface area contributed by atoms with E-state index < -0.39 is 39.2 Å². The van der Waals surface area contributed by atoms with Crippen molar-refractivity contribution in [1.29, 1.82) is 0 Å². The third-order valence-electron chi connectivity index (χ3n) is 4.05. The lowest BCUT2D eigenvalue weighted by atomic mass is 10.1. The minimum absolute atomic E-state index is 0.484. The highest BCUT2D eigenvalue weighted by Gasteiger charge is 2.66. The molecule has 1 unspecified atom stereocenters. The lowest BCUT2D eigenvalue weighted by molar-refractivity contribution is -0.884. The van der Waals surface area contributed by atoms with Gasteiger partial charge in [-0.15, -0.1) is 0 Å². The number of carbonyl (C=O) groups is 1. The molecule has 0 bridgehead atoms. The molecule has 2 rings (SSSR count). The van der Waals surface area contributed by atoms with Gasteiger partial charge in [-0.2, -0.15) is 30.4 Å². The maximum absolute atomic E-state index is 13.2. The summed E-state index contributed by atoms with van der Waals surface area (Å²) >= 11 is 0. The number of benzene rings is 2. The summed E-state index contributed by atoms with van der Waals surface area (Å²) in [4.78, 5) is 11.5. The summed E-state index contributed by atoms with van der Waals surface area (Å²) in [6.07, 6.45) is -8.95. The highest BCUT2D eigenvalue weighted by molar-refractivity contribution is 7.86. The third-order valence-corrected chi connectivity index (χ3v) is 4.96. The summed E-state index contributed by atoms with van der Waals surface area (Å²) in [5.74, 6) is -1.84. The Morgan fingerprint density at radius 3 is 1.91 bits per heavy atom. The van der Waals surface area contributed by atoms with E-state index in [0.717, 1.165) is 23.2 Å². The number of hydrogen-bond acceptors (Lipinski definition) is 4. The van der Waals surface area contributed by atoms with Crippen molar-refractivity contribution in [2.45, 2.75) is 24.1 Å². The van der Waals surface area contributed by atoms with Crippen LogP contribution in [0.1, 0.15) is 21.5 Å². The van der Waals surface area contributed by atoms with Gasteiger partial charge in [0.25, 0.3) is 6.10 Å². The van der Waals surface area contributed by atoms with E-state index in [1.165, 1.54) is 23.8 Å². The van der Waals surface area contributed by atoms with Gasteiger partial charge in [-0.3, -0.25) is 4.55 Å². The molecule has 0 fully saturated rings. The fourth-order valence-corrected chi connectivity index (χ4v) is 2.97. The van der Waals surface area contributed by atoms with E-state index in [4.69, 9.17) is 4.55 Å². The quantitative estimate of drug-likeness (QED) is 0.251. The van der Waals surface area contributed by atoms with Gasteiger partial charge in [0.15, 0.2) is 0 Å². The first-order valence-electron chi connectivity index (χ1n) is 9.58. The van der Waals surface area contributed by atoms with Gasteiger partial charge in [0.1, 0.15) is 6.54 Å². The molecule has 0 amide bonds. The van der Waals surface area contributed by atoms with Gasteiger partial charge in [0.05, 0.1) is 26.7 Å². The monoisotopic (exact) mass is 510 g/mol. The first-order valence-corrected chi connectivity index (χ1v) is 11.0. The molecule has 6 nitrogen and oxygen atoms in total. The van der Waals surface area contributed by atoms with Crippen molar-refractivity contribution >= 4 is 22.2 Å². The second-order valence-corrected chi connectivity index (χ2v) is 9.62. The molecular weight excluding hydrogens is 485 g/mol. The number of halogens is 5. The van der Waals surface area contributed by atoms with Crippen LogP contribution in [0, 0.1) is 0 Å². The number of hydrogen-bond donors (Lipinski definition) is 1. The summed E-state index contributed by atoms with van der Waals surface area (Å²) in [6.45, 7) is 4.48. The molecule has 2 aromatic carbocycles. The number of nitrogens with zero attached hydrogens (tertiary/aromatic N) is 1. The van der Waals surface area contributed by atoms with E-state index in [0.29, 0.717) is 5.56 Å². The molecular formula is C22H25F5NO5S+. The first kappa shape index (κ1) is 29.2. The van der Waals surface area contributed by atoms with Crippen molar-refractivity contribution in [3.8, 4) is 0 Å². The Labute approximate surface area is 194 Å². The Bertz CT molecular complexity index is 1060. The van der Waals surface area contributed by atoms with E-state index in [-0.39, 0.29) is 0 Å². The summed E-state index contributed by atoms with van der Waals surface area (Å²) in [6, 6.07) is 15.0. The van der Waals surface area contributed by atoms with Crippen LogP contribution in [0.5, 0.6) is 0 Å². The Morgan fingerprint density at radius 2 is 1.53 bits per heavy atom. The van der Waals surface area contributed by atoms with Crippen LogP contribution < -0.4 is 0 Å². The van der Waals surface area contributed by atoms with Crippen molar-refractivity contribution in [3.05, 3.63) is 77.9 Å². The first-order chi connectivity index (χ1) is 15.4. The van der Waals surface area contributed by atoms with Crippen molar-refractivity contribution in [3.63, 3.8) is 0 Å². The molecule has 188 valence electrons. The van der Waals surface area contributed by atoms with Crippen molar-refractivity contribution in [2.24, 2.45) is 0 Å². The number of quaternary nitrogens is 1. The van der Waals surface area contributed by atoms with E-state index in [1.54, 1.807) is 0 Å². The topological polar surface area (TPSA) is 80.7 Å². The molecule has 1 N–H and O–H groups in total. The minimum atomic E-state index is -6.47. The van der Waals surface area contributed by atoms with Crippen LogP contribution in [0.25, 0.3) is 6.08 Å². The van der Waals surface area contributed by atoms with Gasteiger partial charge >= 0.3 is 27.5 Å². The van der Waals surface area contributed by atoms with E-state index >= 15 is 0 Å². The second kappa shape index (κ2) is 11.1. The zero-order valence-corrected chi connectivity index (χ0v) is 19.4. The fraction of sp³-hybridized carbons (Fsp3) is 0.318. The molecule has 0 aromatic heterocycles. The number of carbonyl (C=O) groups excluding carboxylic acids is 1. The fourth-order valence-electron chi connectivity index (χ4n) is 2.52. The molecule has 0 radical (unpaired) electrons. The zero-order chi connectivity index (χ0) is 26.4. The molecule has 0 saturated carbocycles. The van der Waals surface area contributed by atoms with Gasteiger partial charge in [-0.1, -0.05) is 55.1 Å². The summed E-state index contributed by atoms with van der Waals surface area (Å²) in [7, 11) is 0.137. The van der Waals surface area contributed by atoms with Gasteiger partial charge in [0, 0.05) is 5.56 Å². The van der Waals surface area contributed by atoms with Crippen LogP contribution in [0.15, 0.2) is 61.2 Å². The van der Waals surface area contributed by atoms with Gasteiger partial charge in [-0.25, -0.2) is 4.79 Å². The number of alkyl halides is 5. The molecule has 0 aliphatic rings. The Morgan fingerprint density at radius 1 is 1.03 bits per heavy atom. The molecule has 1 atom stereocenters. The Hall–Kier alpha value is -2.83. The molecule has 0 aliphatic carbocycles. The Balaban J connectivity index is 0.000000437. The highest BCUT2D eigenvalue weighted by Crippen LogP contribution is 2.38. The van der Waals surface area contributed by atoms with Crippen LogP contribution in [0.2, 0.25) is 0 Å². The van der Waals surface area contributed by atoms with Gasteiger partial charge < -0.3 is 9.22 Å². The third kappa shape index (κ3) is 8.84. The lowest BCUT2D eigenvalue weighted by Gasteiger charge is -2.26. The average Bonchev–Trinajstić information content (AvgIpc) is 2.70. The summed E-state index contributed by atoms with van der Waals surface area (Å²) < 4.78 is 98.0. The molecule has 0 aliphatic heterocycles. The number of esters is 1. The molecule has 0 saturated heterocycles. The van der Waals surface area contributed by atoms with Crippen LogP contribution in [-0.4, -0.2) is 62.1 Å². The summed E-state index contributed by atoms with van der Waals surface area (Å²) in [5, 5.41) is -5.76. The normalized spacial score (nSPS) is 13.3. The maximum Gasteiger partial charge on any atom is 0.432 e. The number of ether oxygens (including phenoxy) is 1. The lowest BCUT2D eigenvalue weighted by Crippen LogP contribution is -2.52.